The number of piperidine rings is 1. The Hall–Kier alpha value is -1.66. The maximum Gasteiger partial charge on any atom is 0.247 e. The number of aliphatic hydroxyl groups excluding tert-OH is 1. The van der Waals surface area contributed by atoms with Gasteiger partial charge < -0.3 is 10.0 Å². The average Bonchev–Trinajstić information content (AvgIpc) is 2.53. The molecule has 1 unspecified atom stereocenters. The Balaban J connectivity index is 2.05. The summed E-state index contributed by atoms with van der Waals surface area (Å²) in [6.07, 6.45) is 2.82. The highest BCUT2D eigenvalue weighted by atomic mass is 32.2. The number of carbonyl (C=O) groups is 1. The number of likely N-dealkylation sites (tertiary alicyclic amines) is 1. The molecule has 5 nitrogen and oxygen atoms in total. The van der Waals surface area contributed by atoms with E-state index in [1.54, 1.807) is 23.1 Å². The van der Waals surface area contributed by atoms with Gasteiger partial charge in [-0.2, -0.15) is 0 Å². The molecule has 1 amide bonds. The molecule has 1 aliphatic heterocycles. The van der Waals surface area contributed by atoms with Crippen molar-refractivity contribution in [2.24, 2.45) is 5.92 Å². The highest BCUT2D eigenvalue weighted by molar-refractivity contribution is 7.94. The number of rotatable bonds is 4. The van der Waals surface area contributed by atoms with Crippen LogP contribution in [0.15, 0.2) is 46.7 Å². The highest BCUT2D eigenvalue weighted by Crippen LogP contribution is 2.17. The van der Waals surface area contributed by atoms with Crippen molar-refractivity contribution < 1.29 is 18.3 Å². The van der Waals surface area contributed by atoms with Gasteiger partial charge in [-0.15, -0.1) is 0 Å². The number of hydrogen-bond donors (Lipinski definition) is 1. The van der Waals surface area contributed by atoms with Gasteiger partial charge in [0.15, 0.2) is 9.84 Å². The molecular formula is C15H19NO4S. The number of benzene rings is 1. The molecule has 1 fully saturated rings. The number of nitrogens with zero attached hydrogens (tertiary/aromatic N) is 1. The van der Waals surface area contributed by atoms with Crippen molar-refractivity contribution in [1.29, 1.82) is 0 Å². The predicted molar refractivity (Wildman–Crippen MR) is 79.2 cm³/mol. The minimum atomic E-state index is -3.59. The molecular weight excluding hydrogens is 290 g/mol. The average molecular weight is 309 g/mol. The molecule has 1 aliphatic rings. The number of sulfone groups is 1. The summed E-state index contributed by atoms with van der Waals surface area (Å²) in [5.74, 6) is -0.241. The zero-order chi connectivity index (χ0) is 15.3. The minimum Gasteiger partial charge on any atom is -0.396 e. The zero-order valence-electron chi connectivity index (χ0n) is 11.7. The molecule has 0 aromatic heterocycles. The van der Waals surface area contributed by atoms with Crippen LogP contribution in [0.25, 0.3) is 0 Å². The molecule has 6 heteroatoms. The third-order valence-electron chi connectivity index (χ3n) is 3.55. The first-order valence-electron chi connectivity index (χ1n) is 6.91. The summed E-state index contributed by atoms with van der Waals surface area (Å²) in [6, 6.07) is 7.99. The Morgan fingerprint density at radius 2 is 2.05 bits per heavy atom. The van der Waals surface area contributed by atoms with Crippen molar-refractivity contribution >= 4 is 15.7 Å². The molecule has 1 heterocycles. The van der Waals surface area contributed by atoms with E-state index in [0.717, 1.165) is 24.3 Å². The van der Waals surface area contributed by atoms with E-state index in [4.69, 9.17) is 5.11 Å². The van der Waals surface area contributed by atoms with Crippen molar-refractivity contribution in [1.82, 2.24) is 4.90 Å². The van der Waals surface area contributed by atoms with Crippen molar-refractivity contribution in [3.8, 4) is 0 Å². The van der Waals surface area contributed by atoms with Crippen molar-refractivity contribution in [2.75, 3.05) is 19.7 Å². The quantitative estimate of drug-likeness (QED) is 0.848. The summed E-state index contributed by atoms with van der Waals surface area (Å²) in [4.78, 5) is 13.8. The van der Waals surface area contributed by atoms with E-state index < -0.39 is 9.84 Å². The third kappa shape index (κ3) is 4.15. The first kappa shape index (κ1) is 15.7. The van der Waals surface area contributed by atoms with Crippen LogP contribution in [0.2, 0.25) is 0 Å². The molecule has 1 atom stereocenters. The second-order valence-corrected chi connectivity index (χ2v) is 6.97. The maximum atomic E-state index is 12.0. The fraction of sp³-hybridized carbons (Fsp3) is 0.400. The number of carbonyl (C=O) groups excluding carboxylic acids is 1. The molecule has 1 aromatic rings. The number of amides is 1. The van der Waals surface area contributed by atoms with Crippen molar-refractivity contribution in [3.63, 3.8) is 0 Å². The molecule has 0 saturated carbocycles. The molecule has 1 saturated heterocycles. The van der Waals surface area contributed by atoms with Crippen LogP contribution in [0.5, 0.6) is 0 Å². The summed E-state index contributed by atoms with van der Waals surface area (Å²) in [7, 11) is -3.59. The monoisotopic (exact) mass is 309 g/mol. The standard InChI is InChI=1S/C15H19NO4S/c17-12-13-5-4-9-16(11-13)15(18)8-10-21(19,20)14-6-2-1-3-7-14/h1-3,6-8,10,13,17H,4-5,9,11-12H2/b10-8+. The zero-order valence-corrected chi connectivity index (χ0v) is 12.5. The summed E-state index contributed by atoms with van der Waals surface area (Å²) >= 11 is 0. The van der Waals surface area contributed by atoms with Crippen molar-refractivity contribution in [2.45, 2.75) is 17.7 Å². The first-order valence-corrected chi connectivity index (χ1v) is 8.45. The second-order valence-electron chi connectivity index (χ2n) is 5.14. The lowest BCUT2D eigenvalue weighted by molar-refractivity contribution is -0.128. The van der Waals surface area contributed by atoms with E-state index >= 15 is 0 Å². The van der Waals surface area contributed by atoms with E-state index in [1.165, 1.54) is 12.1 Å². The molecule has 0 bridgehead atoms. The summed E-state index contributed by atoms with van der Waals surface area (Å²) in [5, 5.41) is 10.1. The molecule has 21 heavy (non-hydrogen) atoms. The van der Waals surface area contributed by atoms with Gasteiger partial charge in [0.05, 0.1) is 4.90 Å². The van der Waals surface area contributed by atoms with Crippen LogP contribution < -0.4 is 0 Å². The van der Waals surface area contributed by atoms with Gasteiger partial charge in [0, 0.05) is 31.2 Å². The fourth-order valence-electron chi connectivity index (χ4n) is 2.36. The Kier molecular flexibility index (Phi) is 5.14. The number of hydrogen-bond acceptors (Lipinski definition) is 4. The van der Waals surface area contributed by atoms with Gasteiger partial charge in [0.25, 0.3) is 0 Å². The lowest BCUT2D eigenvalue weighted by atomic mass is 9.99. The highest BCUT2D eigenvalue weighted by Gasteiger charge is 2.22. The van der Waals surface area contributed by atoms with Gasteiger partial charge in [0.1, 0.15) is 0 Å². The first-order chi connectivity index (χ1) is 10.0. The van der Waals surface area contributed by atoms with Crippen LogP contribution in [0.4, 0.5) is 0 Å². The largest absolute Gasteiger partial charge is 0.396 e. The smallest absolute Gasteiger partial charge is 0.247 e. The minimum absolute atomic E-state index is 0.0514. The van der Waals surface area contributed by atoms with Crippen LogP contribution >= 0.6 is 0 Å². The van der Waals surface area contributed by atoms with Gasteiger partial charge in [-0.25, -0.2) is 8.42 Å². The third-order valence-corrected chi connectivity index (χ3v) is 4.97. The van der Waals surface area contributed by atoms with Gasteiger partial charge >= 0.3 is 0 Å². The predicted octanol–water partition coefficient (Wildman–Crippen LogP) is 1.20. The molecule has 0 spiro atoms. The van der Waals surface area contributed by atoms with Gasteiger partial charge in [-0.05, 0) is 30.9 Å². The van der Waals surface area contributed by atoms with E-state index in [9.17, 15) is 13.2 Å². The van der Waals surface area contributed by atoms with E-state index in [0.29, 0.717) is 13.1 Å². The molecule has 1 N–H and O–H groups in total. The maximum absolute atomic E-state index is 12.0. The molecule has 1 aromatic carbocycles. The lowest BCUT2D eigenvalue weighted by Crippen LogP contribution is -2.40. The molecule has 0 aliphatic carbocycles. The normalized spacial score (nSPS) is 19.9. The fourth-order valence-corrected chi connectivity index (χ4v) is 3.35. The Morgan fingerprint density at radius 3 is 2.71 bits per heavy atom. The van der Waals surface area contributed by atoms with Crippen LogP contribution in [-0.4, -0.2) is 44.0 Å². The molecule has 2 rings (SSSR count). The van der Waals surface area contributed by atoms with Gasteiger partial charge in [-0.3, -0.25) is 4.79 Å². The van der Waals surface area contributed by atoms with E-state index in [-0.39, 0.29) is 23.3 Å². The summed E-state index contributed by atoms with van der Waals surface area (Å²) < 4.78 is 24.1. The van der Waals surface area contributed by atoms with Gasteiger partial charge in [0.2, 0.25) is 5.91 Å². The Bertz CT molecular complexity index is 610. The van der Waals surface area contributed by atoms with Crippen molar-refractivity contribution in [3.05, 3.63) is 41.8 Å². The van der Waals surface area contributed by atoms with Crippen LogP contribution in [0.3, 0.4) is 0 Å². The second kappa shape index (κ2) is 6.87. The lowest BCUT2D eigenvalue weighted by Gasteiger charge is -2.31. The van der Waals surface area contributed by atoms with Crippen LogP contribution in [0.1, 0.15) is 12.8 Å². The Labute approximate surface area is 124 Å². The topological polar surface area (TPSA) is 74.7 Å². The van der Waals surface area contributed by atoms with E-state index in [1.807, 2.05) is 0 Å². The molecule has 0 radical (unpaired) electrons. The SMILES string of the molecule is O=C(/C=C/S(=O)(=O)c1ccccc1)N1CCCC(CO)C1. The summed E-state index contributed by atoms with van der Waals surface area (Å²) in [6.45, 7) is 1.13. The van der Waals surface area contributed by atoms with E-state index in [2.05, 4.69) is 0 Å². The van der Waals surface area contributed by atoms with Crippen LogP contribution in [-0.2, 0) is 14.6 Å². The Morgan fingerprint density at radius 1 is 1.33 bits per heavy atom. The van der Waals surface area contributed by atoms with Crippen LogP contribution in [0, 0.1) is 5.92 Å². The summed E-state index contributed by atoms with van der Waals surface area (Å²) in [5.41, 5.74) is 0. The number of aliphatic hydroxyl groups is 1. The molecule has 114 valence electrons. The van der Waals surface area contributed by atoms with Gasteiger partial charge in [-0.1, -0.05) is 18.2 Å².